The minimum atomic E-state index is -1.32. The van der Waals surface area contributed by atoms with Crippen LogP contribution in [-0.4, -0.2) is 45.6 Å². The summed E-state index contributed by atoms with van der Waals surface area (Å²) in [6.45, 7) is 0.559. The first-order chi connectivity index (χ1) is 10.7. The third-order valence-electron chi connectivity index (χ3n) is 4.36. The zero-order valence-corrected chi connectivity index (χ0v) is 16.7. The molecule has 1 aliphatic heterocycles. The number of carbonyl (C=O) groups excluding carboxylic acids is 2. The van der Waals surface area contributed by atoms with Gasteiger partial charge in [0.1, 0.15) is 10.4 Å². The Balaban J connectivity index is 1.74. The Morgan fingerprint density at radius 2 is 1.87 bits per heavy atom. The van der Waals surface area contributed by atoms with Crippen LogP contribution in [0.4, 0.5) is 5.69 Å². The molecule has 2 aliphatic rings. The summed E-state index contributed by atoms with van der Waals surface area (Å²) >= 11 is 20.3. The average Bonchev–Trinajstić information content (AvgIpc) is 2.82. The van der Waals surface area contributed by atoms with E-state index in [2.05, 4.69) is 22.6 Å². The number of carbonyl (C=O) groups is 2. The van der Waals surface area contributed by atoms with Crippen molar-refractivity contribution in [3.63, 3.8) is 0 Å². The van der Waals surface area contributed by atoms with Crippen LogP contribution in [-0.2, 0) is 9.59 Å². The first kappa shape index (κ1) is 17.6. The van der Waals surface area contributed by atoms with Gasteiger partial charge in [-0.1, -0.05) is 23.2 Å². The van der Waals surface area contributed by atoms with E-state index in [9.17, 15) is 9.59 Å². The summed E-state index contributed by atoms with van der Waals surface area (Å²) in [5, 5.41) is 0. The van der Waals surface area contributed by atoms with Gasteiger partial charge in [0.15, 0.2) is 4.87 Å². The lowest BCUT2D eigenvalue weighted by atomic mass is 10.2. The summed E-state index contributed by atoms with van der Waals surface area (Å²) in [5.41, 5.74) is 0.829. The standard InChI is InChI=1S/C15H14Cl3IN2O2/c1-20(13(23)14(16)8-15(14,17)18)11-6-7-21(12(11)22)10-4-2-9(19)3-5-10/h2-5,11H,6-8H2,1H3. The van der Waals surface area contributed by atoms with Crippen LogP contribution in [0.5, 0.6) is 0 Å². The molecule has 8 heteroatoms. The fourth-order valence-electron chi connectivity index (χ4n) is 2.82. The molecule has 1 heterocycles. The van der Waals surface area contributed by atoms with Crippen LogP contribution in [0.3, 0.4) is 0 Å². The molecule has 0 radical (unpaired) electrons. The van der Waals surface area contributed by atoms with E-state index in [0.717, 1.165) is 9.26 Å². The summed E-state index contributed by atoms with van der Waals surface area (Å²) in [7, 11) is 1.58. The topological polar surface area (TPSA) is 40.6 Å². The van der Waals surface area contributed by atoms with Crippen LogP contribution in [0, 0.1) is 3.57 Å². The predicted molar refractivity (Wildman–Crippen MR) is 100 cm³/mol. The molecule has 0 bridgehead atoms. The molecule has 124 valence electrons. The zero-order valence-electron chi connectivity index (χ0n) is 12.2. The average molecular weight is 488 g/mol. The summed E-state index contributed by atoms with van der Waals surface area (Å²) < 4.78 is -0.155. The van der Waals surface area contributed by atoms with Crippen LogP contribution in [0.25, 0.3) is 0 Å². The Morgan fingerprint density at radius 3 is 2.39 bits per heavy atom. The summed E-state index contributed by atoms with van der Waals surface area (Å²) in [5.74, 6) is -0.510. The molecule has 3 rings (SSSR count). The highest BCUT2D eigenvalue weighted by molar-refractivity contribution is 14.1. The van der Waals surface area contributed by atoms with Gasteiger partial charge in [0.25, 0.3) is 0 Å². The second kappa shape index (κ2) is 5.93. The fraction of sp³-hybridized carbons (Fsp3) is 0.467. The molecule has 1 saturated carbocycles. The minimum absolute atomic E-state index is 0.113. The SMILES string of the molecule is CN(C(=O)C1(Cl)CC1(Cl)Cl)C1CCN(c2ccc(I)cc2)C1=O. The van der Waals surface area contributed by atoms with Gasteiger partial charge < -0.3 is 9.80 Å². The van der Waals surface area contributed by atoms with Crippen LogP contribution in [0.2, 0.25) is 0 Å². The van der Waals surface area contributed by atoms with Crippen molar-refractivity contribution in [2.45, 2.75) is 28.1 Å². The molecule has 0 N–H and O–H groups in total. The van der Waals surface area contributed by atoms with Crippen molar-refractivity contribution in [2.75, 3.05) is 18.5 Å². The lowest BCUT2D eigenvalue weighted by molar-refractivity contribution is -0.137. The molecule has 2 fully saturated rings. The van der Waals surface area contributed by atoms with Crippen molar-refractivity contribution < 1.29 is 9.59 Å². The van der Waals surface area contributed by atoms with Gasteiger partial charge in [-0.25, -0.2) is 0 Å². The highest BCUT2D eigenvalue weighted by atomic mass is 127. The number of alkyl halides is 3. The van der Waals surface area contributed by atoms with Crippen molar-refractivity contribution in [1.29, 1.82) is 0 Å². The third-order valence-corrected chi connectivity index (χ3v) is 6.81. The number of likely N-dealkylation sites (N-methyl/N-ethyl adjacent to an activating group) is 1. The normalized spacial score (nSPS) is 28.8. The second-order valence-corrected chi connectivity index (χ2v) is 9.24. The van der Waals surface area contributed by atoms with Gasteiger partial charge in [-0.15, -0.1) is 11.6 Å². The van der Waals surface area contributed by atoms with Crippen molar-refractivity contribution in [1.82, 2.24) is 4.90 Å². The largest absolute Gasteiger partial charge is 0.332 e. The van der Waals surface area contributed by atoms with Crippen LogP contribution < -0.4 is 4.90 Å². The number of amides is 2. The highest BCUT2D eigenvalue weighted by Gasteiger charge is 2.72. The molecule has 1 aromatic carbocycles. The second-order valence-electron chi connectivity index (χ2n) is 5.87. The maximum Gasteiger partial charge on any atom is 0.249 e. The molecule has 0 aromatic heterocycles. The Hall–Kier alpha value is -0.240. The quantitative estimate of drug-likeness (QED) is 0.485. The van der Waals surface area contributed by atoms with Crippen LogP contribution >= 0.6 is 57.4 Å². The minimum Gasteiger partial charge on any atom is -0.332 e. The molecule has 2 amide bonds. The van der Waals surface area contributed by atoms with E-state index in [0.29, 0.717) is 13.0 Å². The number of hydrogen-bond acceptors (Lipinski definition) is 2. The van der Waals surface area contributed by atoms with E-state index in [1.54, 1.807) is 11.9 Å². The Kier molecular flexibility index (Phi) is 4.53. The van der Waals surface area contributed by atoms with E-state index in [-0.39, 0.29) is 12.3 Å². The van der Waals surface area contributed by atoms with Gasteiger partial charge in [-0.05, 0) is 53.3 Å². The molecule has 2 atom stereocenters. The molecule has 23 heavy (non-hydrogen) atoms. The van der Waals surface area contributed by atoms with Crippen molar-refractivity contribution in [3.8, 4) is 0 Å². The van der Waals surface area contributed by atoms with Gasteiger partial charge in [0.2, 0.25) is 11.8 Å². The number of hydrogen-bond donors (Lipinski definition) is 0. The number of benzene rings is 1. The van der Waals surface area contributed by atoms with Crippen molar-refractivity contribution in [3.05, 3.63) is 27.8 Å². The maximum atomic E-state index is 12.7. The summed E-state index contributed by atoms with van der Waals surface area (Å²) in [6, 6.07) is 7.14. The number of nitrogens with zero attached hydrogens (tertiary/aromatic N) is 2. The van der Waals surface area contributed by atoms with E-state index in [1.807, 2.05) is 24.3 Å². The number of rotatable bonds is 3. The van der Waals surface area contributed by atoms with Crippen LogP contribution in [0.1, 0.15) is 12.8 Å². The van der Waals surface area contributed by atoms with Crippen molar-refractivity contribution in [2.24, 2.45) is 0 Å². The zero-order chi connectivity index (χ0) is 17.0. The molecular formula is C15H14Cl3IN2O2. The molecule has 4 nitrogen and oxygen atoms in total. The van der Waals surface area contributed by atoms with Gasteiger partial charge in [0, 0.05) is 29.3 Å². The molecular weight excluding hydrogens is 473 g/mol. The predicted octanol–water partition coefficient (Wildman–Crippen LogP) is 3.41. The van der Waals surface area contributed by atoms with Gasteiger partial charge in [0.05, 0.1) is 0 Å². The highest BCUT2D eigenvalue weighted by Crippen LogP contribution is 2.62. The Bertz CT molecular complexity index is 667. The molecule has 1 saturated heterocycles. The van der Waals surface area contributed by atoms with Gasteiger partial charge in [-0.3, -0.25) is 9.59 Å². The van der Waals surface area contributed by atoms with E-state index in [4.69, 9.17) is 34.8 Å². The first-order valence-corrected chi connectivity index (χ1v) is 9.29. The maximum absolute atomic E-state index is 12.7. The van der Waals surface area contributed by atoms with Crippen molar-refractivity contribution >= 4 is 74.9 Å². The molecule has 2 unspecified atom stereocenters. The molecule has 1 aliphatic carbocycles. The van der Waals surface area contributed by atoms with E-state index in [1.165, 1.54) is 4.90 Å². The Labute approximate surface area is 163 Å². The van der Waals surface area contributed by atoms with Gasteiger partial charge >= 0.3 is 0 Å². The lowest BCUT2D eigenvalue weighted by Gasteiger charge is -2.26. The smallest absolute Gasteiger partial charge is 0.249 e. The first-order valence-electron chi connectivity index (χ1n) is 7.08. The summed E-state index contributed by atoms with van der Waals surface area (Å²) in [4.78, 5) is 26.9. The fourth-order valence-corrected chi connectivity index (χ4v) is 4.21. The van der Waals surface area contributed by atoms with E-state index >= 15 is 0 Å². The number of halogens is 4. The summed E-state index contributed by atoms with van der Waals surface area (Å²) in [6.07, 6.45) is 0.743. The third kappa shape index (κ3) is 2.94. The van der Waals surface area contributed by atoms with Gasteiger partial charge in [-0.2, -0.15) is 0 Å². The molecule has 1 aromatic rings. The Morgan fingerprint density at radius 1 is 1.30 bits per heavy atom. The lowest BCUT2D eigenvalue weighted by Crippen LogP contribution is -2.47. The number of anilines is 1. The van der Waals surface area contributed by atoms with Crippen LogP contribution in [0.15, 0.2) is 24.3 Å². The van der Waals surface area contributed by atoms with E-state index < -0.39 is 21.2 Å². The molecule has 0 spiro atoms. The monoisotopic (exact) mass is 486 g/mol.